The zero-order valence-electron chi connectivity index (χ0n) is 20.1. The van der Waals surface area contributed by atoms with E-state index in [0.717, 1.165) is 11.1 Å². The largest absolute Gasteiger partial charge is 0.450 e. The smallest absolute Gasteiger partial charge is 0.339 e. The first kappa shape index (κ1) is 25.6. The normalized spacial score (nSPS) is 20.1. The number of aryl methyl sites for hydroxylation is 2. The Balaban J connectivity index is 1.44. The molecule has 0 N–H and O–H groups in total. The standard InChI is InChI=1S/C27H23ClF4N2O3/c1-14-33-24(34-37-14)23-18(10-17(28)11-20(23)29)15-3-4-19-16(9-15)5-6-25(19,2)12-21(35)26(7-8-26)13-22(36)27(30,31)32/h3-4,9-11H,5-8,12-13H2,1-2H3. The lowest BCUT2D eigenvalue weighted by Gasteiger charge is -2.27. The fourth-order valence-electron chi connectivity index (χ4n) is 5.37. The van der Waals surface area contributed by atoms with Crippen LogP contribution in [0.1, 0.15) is 56.0 Å². The van der Waals surface area contributed by atoms with Crippen molar-refractivity contribution < 1.29 is 31.7 Å². The van der Waals surface area contributed by atoms with Crippen LogP contribution in [-0.4, -0.2) is 27.9 Å². The Kier molecular flexibility index (Phi) is 6.05. The van der Waals surface area contributed by atoms with Crippen LogP contribution in [0.25, 0.3) is 22.5 Å². The average Bonchev–Trinajstić information content (AvgIpc) is 3.36. The number of alkyl halides is 3. The number of nitrogens with zero attached hydrogens (tertiary/aromatic N) is 2. The fraction of sp³-hybridized carbons (Fsp3) is 0.407. The van der Waals surface area contributed by atoms with E-state index in [2.05, 4.69) is 10.1 Å². The van der Waals surface area contributed by atoms with Crippen LogP contribution in [0.2, 0.25) is 5.02 Å². The summed E-state index contributed by atoms with van der Waals surface area (Å²) in [5.74, 6) is -2.35. The van der Waals surface area contributed by atoms with Crippen molar-refractivity contribution in [3.63, 3.8) is 0 Å². The highest BCUT2D eigenvalue weighted by atomic mass is 35.5. The van der Waals surface area contributed by atoms with Crippen molar-refractivity contribution in [1.82, 2.24) is 10.1 Å². The van der Waals surface area contributed by atoms with Gasteiger partial charge in [0, 0.05) is 30.2 Å². The Labute approximate surface area is 215 Å². The van der Waals surface area contributed by atoms with Crippen LogP contribution in [0.4, 0.5) is 17.6 Å². The molecule has 1 saturated carbocycles. The number of fused-ring (bicyclic) bond motifs is 1. The Morgan fingerprint density at radius 3 is 2.46 bits per heavy atom. The third-order valence-corrected chi connectivity index (χ3v) is 7.85. The molecule has 1 fully saturated rings. The number of Topliss-reactive ketones (excluding diaryl/α,β-unsaturated/α-hetero) is 2. The highest BCUT2D eigenvalue weighted by Crippen LogP contribution is 2.54. The summed E-state index contributed by atoms with van der Waals surface area (Å²) < 4.78 is 58.4. The molecule has 0 aliphatic heterocycles. The summed E-state index contributed by atoms with van der Waals surface area (Å²) in [5, 5.41) is 4.06. The van der Waals surface area contributed by atoms with Gasteiger partial charge in [0.15, 0.2) is 0 Å². The van der Waals surface area contributed by atoms with E-state index in [1.807, 2.05) is 19.1 Å². The predicted octanol–water partition coefficient (Wildman–Crippen LogP) is 6.97. The molecule has 0 amide bonds. The predicted molar refractivity (Wildman–Crippen MR) is 128 cm³/mol. The van der Waals surface area contributed by atoms with E-state index in [1.54, 1.807) is 19.1 Å². The zero-order valence-corrected chi connectivity index (χ0v) is 20.9. The molecular formula is C27H23ClF4N2O3. The number of ketones is 2. The molecule has 0 bridgehead atoms. The maximum atomic E-state index is 15.0. The summed E-state index contributed by atoms with van der Waals surface area (Å²) in [4.78, 5) is 28.8. The summed E-state index contributed by atoms with van der Waals surface area (Å²) in [6, 6.07) is 8.38. The Morgan fingerprint density at radius 2 is 1.84 bits per heavy atom. The van der Waals surface area contributed by atoms with Crippen LogP contribution >= 0.6 is 11.6 Å². The number of carbonyl (C=O) groups is 2. The van der Waals surface area contributed by atoms with Gasteiger partial charge in [-0.1, -0.05) is 41.9 Å². The van der Waals surface area contributed by atoms with Crippen LogP contribution in [-0.2, 0) is 21.4 Å². The molecule has 2 aliphatic carbocycles. The molecule has 0 spiro atoms. The minimum absolute atomic E-state index is 0.0592. The molecule has 194 valence electrons. The molecule has 5 nitrogen and oxygen atoms in total. The van der Waals surface area contributed by atoms with Gasteiger partial charge in [-0.05, 0) is 65.5 Å². The Hall–Kier alpha value is -3.07. The van der Waals surface area contributed by atoms with Crippen LogP contribution in [0, 0.1) is 18.2 Å². The Bertz CT molecular complexity index is 1430. The number of halogens is 5. The summed E-state index contributed by atoms with van der Waals surface area (Å²) >= 11 is 6.16. The molecule has 0 radical (unpaired) electrons. The maximum Gasteiger partial charge on any atom is 0.450 e. The van der Waals surface area contributed by atoms with Gasteiger partial charge >= 0.3 is 6.18 Å². The van der Waals surface area contributed by atoms with E-state index in [9.17, 15) is 27.2 Å². The highest BCUT2D eigenvalue weighted by Gasteiger charge is 2.55. The lowest BCUT2D eigenvalue weighted by molar-refractivity contribution is -0.172. The minimum atomic E-state index is -4.94. The van der Waals surface area contributed by atoms with Gasteiger partial charge in [-0.25, -0.2) is 4.39 Å². The van der Waals surface area contributed by atoms with Crippen molar-refractivity contribution in [1.29, 1.82) is 0 Å². The zero-order chi connectivity index (χ0) is 26.8. The van der Waals surface area contributed by atoms with Gasteiger partial charge in [0.05, 0.1) is 5.56 Å². The van der Waals surface area contributed by atoms with Gasteiger partial charge in [-0.15, -0.1) is 0 Å². The van der Waals surface area contributed by atoms with Crippen molar-refractivity contribution in [2.75, 3.05) is 0 Å². The first-order chi connectivity index (χ1) is 17.3. The van der Waals surface area contributed by atoms with Gasteiger partial charge < -0.3 is 4.52 Å². The second-order valence-corrected chi connectivity index (χ2v) is 10.8. The van der Waals surface area contributed by atoms with E-state index < -0.39 is 35.0 Å². The summed E-state index contributed by atoms with van der Waals surface area (Å²) in [5.41, 5.74) is 1.43. The maximum absolute atomic E-state index is 15.0. The van der Waals surface area contributed by atoms with E-state index in [0.29, 0.717) is 36.8 Å². The fourth-order valence-corrected chi connectivity index (χ4v) is 5.57. The van der Waals surface area contributed by atoms with Crippen LogP contribution in [0.5, 0.6) is 0 Å². The van der Waals surface area contributed by atoms with E-state index in [1.165, 1.54) is 6.07 Å². The SMILES string of the molecule is Cc1nc(-c2c(F)cc(Cl)cc2-c2ccc3c(c2)CCC3(C)CC(=O)C2(CC(=O)C(F)(F)F)CC2)no1. The molecule has 37 heavy (non-hydrogen) atoms. The first-order valence-electron chi connectivity index (χ1n) is 11.9. The minimum Gasteiger partial charge on any atom is -0.339 e. The molecule has 1 unspecified atom stereocenters. The van der Waals surface area contributed by atoms with E-state index in [4.69, 9.17) is 16.1 Å². The Morgan fingerprint density at radius 1 is 1.11 bits per heavy atom. The molecule has 2 aromatic carbocycles. The number of hydrogen-bond acceptors (Lipinski definition) is 5. The average molecular weight is 535 g/mol. The van der Waals surface area contributed by atoms with Gasteiger partial charge in [0.1, 0.15) is 11.6 Å². The van der Waals surface area contributed by atoms with Crippen molar-refractivity contribution in [2.24, 2.45) is 5.41 Å². The molecular weight excluding hydrogens is 512 g/mol. The van der Waals surface area contributed by atoms with Crippen LogP contribution in [0.15, 0.2) is 34.9 Å². The summed E-state index contributed by atoms with van der Waals surface area (Å²) in [7, 11) is 0. The van der Waals surface area contributed by atoms with Crippen molar-refractivity contribution in [3.8, 4) is 22.5 Å². The lowest BCUT2D eigenvalue weighted by atomic mass is 9.75. The molecule has 5 rings (SSSR count). The van der Waals surface area contributed by atoms with Crippen molar-refractivity contribution in [3.05, 3.63) is 58.2 Å². The molecule has 1 atom stereocenters. The molecule has 2 aliphatic rings. The third kappa shape index (κ3) is 4.69. The van der Waals surface area contributed by atoms with E-state index in [-0.39, 0.29) is 34.5 Å². The number of rotatable bonds is 7. The van der Waals surface area contributed by atoms with E-state index >= 15 is 0 Å². The number of benzene rings is 2. The third-order valence-electron chi connectivity index (χ3n) is 7.63. The molecule has 3 aromatic rings. The molecule has 1 heterocycles. The van der Waals surface area contributed by atoms with Gasteiger partial charge in [-0.2, -0.15) is 18.2 Å². The van der Waals surface area contributed by atoms with Crippen molar-refractivity contribution in [2.45, 2.75) is 64.0 Å². The second-order valence-electron chi connectivity index (χ2n) is 10.4. The monoisotopic (exact) mass is 534 g/mol. The summed E-state index contributed by atoms with van der Waals surface area (Å²) in [6.45, 7) is 3.52. The molecule has 1 aromatic heterocycles. The van der Waals surface area contributed by atoms with Gasteiger partial charge in [-0.3, -0.25) is 9.59 Å². The highest BCUT2D eigenvalue weighted by molar-refractivity contribution is 6.31. The summed E-state index contributed by atoms with van der Waals surface area (Å²) in [6.07, 6.45) is -3.79. The number of hydrogen-bond donors (Lipinski definition) is 0. The quantitative estimate of drug-likeness (QED) is 0.306. The topological polar surface area (TPSA) is 73.1 Å². The number of aromatic nitrogens is 2. The van der Waals surface area contributed by atoms with Crippen molar-refractivity contribution >= 4 is 23.2 Å². The second kappa shape index (κ2) is 8.75. The van der Waals surface area contributed by atoms with Crippen LogP contribution in [0.3, 0.4) is 0 Å². The number of carbonyl (C=O) groups excluding carboxylic acids is 2. The van der Waals surface area contributed by atoms with Gasteiger partial charge in [0.2, 0.25) is 17.5 Å². The van der Waals surface area contributed by atoms with Crippen LogP contribution < -0.4 is 0 Å². The molecule has 0 saturated heterocycles. The molecule has 10 heteroatoms. The first-order valence-corrected chi connectivity index (χ1v) is 12.3. The lowest BCUT2D eigenvalue weighted by Crippen LogP contribution is -2.32. The van der Waals surface area contributed by atoms with Gasteiger partial charge in [0.25, 0.3) is 0 Å².